The van der Waals surface area contributed by atoms with Crippen molar-refractivity contribution in [1.29, 1.82) is 0 Å². The first-order valence-electron chi connectivity index (χ1n) is 3.56. The van der Waals surface area contributed by atoms with Gasteiger partial charge in [-0.25, -0.2) is 0 Å². The minimum absolute atomic E-state index is 0.967. The summed E-state index contributed by atoms with van der Waals surface area (Å²) in [4.78, 5) is 0. The number of hydrazone groups is 2. The second-order valence-corrected chi connectivity index (χ2v) is 2.43. The summed E-state index contributed by atoms with van der Waals surface area (Å²) >= 11 is 0. The molecule has 0 spiro atoms. The molecule has 0 aromatic heterocycles. The van der Waals surface area contributed by atoms with Gasteiger partial charge in [-0.15, -0.1) is 0 Å². The first kappa shape index (κ1) is 5.70. The minimum atomic E-state index is 0.967. The second-order valence-electron chi connectivity index (χ2n) is 2.43. The number of nitrogens with one attached hydrogen (secondary N) is 2. The Morgan fingerprint density at radius 1 is 0.900 bits per heavy atom. The molecule has 0 radical (unpaired) electrons. The molecule has 4 heteroatoms. The first-order chi connectivity index (χ1) is 4.97. The highest BCUT2D eigenvalue weighted by Gasteiger charge is 2.15. The third kappa shape index (κ3) is 0.853. The molecule has 2 N–H and O–H groups in total. The third-order valence-electron chi connectivity index (χ3n) is 1.71. The maximum Gasteiger partial charge on any atom is 0.0853 e. The van der Waals surface area contributed by atoms with Crippen LogP contribution in [0.4, 0.5) is 0 Å². The van der Waals surface area contributed by atoms with Crippen molar-refractivity contribution >= 4 is 11.4 Å². The molecule has 0 saturated heterocycles. The molecule has 4 nitrogen and oxygen atoms in total. The molecule has 0 atom stereocenters. The highest BCUT2D eigenvalue weighted by molar-refractivity contribution is 6.43. The zero-order chi connectivity index (χ0) is 6.81. The Morgan fingerprint density at radius 3 is 1.70 bits per heavy atom. The van der Waals surface area contributed by atoms with E-state index in [0.29, 0.717) is 0 Å². The Morgan fingerprint density at radius 2 is 1.40 bits per heavy atom. The van der Waals surface area contributed by atoms with E-state index >= 15 is 0 Å². The van der Waals surface area contributed by atoms with E-state index in [1.54, 1.807) is 0 Å². The predicted molar refractivity (Wildman–Crippen MR) is 40.1 cm³/mol. The van der Waals surface area contributed by atoms with Crippen LogP contribution in [0.3, 0.4) is 0 Å². The van der Waals surface area contributed by atoms with Crippen LogP contribution in [0, 0.1) is 0 Å². The van der Waals surface area contributed by atoms with Crippen molar-refractivity contribution in [2.45, 2.75) is 12.8 Å². The van der Waals surface area contributed by atoms with E-state index in [1.165, 1.54) is 0 Å². The van der Waals surface area contributed by atoms with Gasteiger partial charge in [0.1, 0.15) is 0 Å². The first-order valence-corrected chi connectivity index (χ1v) is 3.56. The normalized spacial score (nSPS) is 23.2. The molecule has 0 amide bonds. The molecular weight excluding hydrogens is 128 g/mol. The Balaban J connectivity index is 2.10. The molecule has 0 unspecified atom stereocenters. The average molecular weight is 138 g/mol. The lowest BCUT2D eigenvalue weighted by atomic mass is 10.1. The molecule has 0 aromatic carbocycles. The standard InChI is InChI=1S/C6H10N4/c1-3-7-9-5(1)6-2-4-8-10-6/h7-8H,1-4H2. The lowest BCUT2D eigenvalue weighted by Crippen LogP contribution is -2.09. The van der Waals surface area contributed by atoms with Crippen molar-refractivity contribution in [3.05, 3.63) is 0 Å². The molecule has 0 aromatic rings. The summed E-state index contributed by atoms with van der Waals surface area (Å²) in [5, 5.41) is 8.23. The zero-order valence-electron chi connectivity index (χ0n) is 5.72. The quantitative estimate of drug-likeness (QED) is 0.522. The van der Waals surface area contributed by atoms with Gasteiger partial charge in [-0.05, 0) is 0 Å². The van der Waals surface area contributed by atoms with Crippen LogP contribution < -0.4 is 10.9 Å². The van der Waals surface area contributed by atoms with Gasteiger partial charge in [0, 0.05) is 25.9 Å². The summed E-state index contributed by atoms with van der Waals surface area (Å²) in [6.07, 6.45) is 2.06. The van der Waals surface area contributed by atoms with E-state index in [1.807, 2.05) is 0 Å². The van der Waals surface area contributed by atoms with Crippen molar-refractivity contribution in [2.75, 3.05) is 13.1 Å². The lowest BCUT2D eigenvalue weighted by molar-refractivity contribution is 0.813. The Bertz CT molecular complexity index is 172. The van der Waals surface area contributed by atoms with Gasteiger partial charge in [0.25, 0.3) is 0 Å². The van der Waals surface area contributed by atoms with E-state index in [-0.39, 0.29) is 0 Å². The summed E-state index contributed by atoms with van der Waals surface area (Å²) in [7, 11) is 0. The fraction of sp³-hybridized carbons (Fsp3) is 0.667. The molecule has 2 rings (SSSR count). The summed E-state index contributed by atoms with van der Waals surface area (Å²) in [6.45, 7) is 1.93. The Hall–Kier alpha value is -1.06. The van der Waals surface area contributed by atoms with Crippen LogP contribution in [-0.2, 0) is 0 Å². The van der Waals surface area contributed by atoms with E-state index in [2.05, 4.69) is 21.1 Å². The molecule has 2 heterocycles. The lowest BCUT2D eigenvalue weighted by Gasteiger charge is -1.91. The van der Waals surface area contributed by atoms with E-state index in [0.717, 1.165) is 37.4 Å². The van der Waals surface area contributed by atoms with Gasteiger partial charge >= 0.3 is 0 Å². The van der Waals surface area contributed by atoms with Crippen LogP contribution in [0.25, 0.3) is 0 Å². The van der Waals surface area contributed by atoms with Gasteiger partial charge in [0.2, 0.25) is 0 Å². The van der Waals surface area contributed by atoms with Crippen LogP contribution in [-0.4, -0.2) is 24.5 Å². The molecule has 0 saturated carbocycles. The number of rotatable bonds is 1. The molecule has 54 valence electrons. The average Bonchev–Trinajstić information content (AvgIpc) is 2.59. The maximum atomic E-state index is 4.11. The summed E-state index contributed by atoms with van der Waals surface area (Å²) in [5.74, 6) is 0. The Labute approximate surface area is 59.4 Å². The Kier molecular flexibility index (Phi) is 1.30. The van der Waals surface area contributed by atoms with Gasteiger partial charge in [0.15, 0.2) is 0 Å². The number of nitrogens with zero attached hydrogens (tertiary/aromatic N) is 2. The monoisotopic (exact) mass is 138 g/mol. The predicted octanol–water partition coefficient (Wildman–Crippen LogP) is -0.315. The van der Waals surface area contributed by atoms with Crippen molar-refractivity contribution in [1.82, 2.24) is 10.9 Å². The molecular formula is C6H10N4. The van der Waals surface area contributed by atoms with Gasteiger partial charge < -0.3 is 10.9 Å². The fourth-order valence-electron chi connectivity index (χ4n) is 1.18. The van der Waals surface area contributed by atoms with Crippen LogP contribution in [0.5, 0.6) is 0 Å². The molecule has 10 heavy (non-hydrogen) atoms. The summed E-state index contributed by atoms with van der Waals surface area (Å²) in [5.41, 5.74) is 8.12. The van der Waals surface area contributed by atoms with Gasteiger partial charge in [0.05, 0.1) is 11.4 Å². The van der Waals surface area contributed by atoms with Gasteiger partial charge in [-0.1, -0.05) is 0 Å². The van der Waals surface area contributed by atoms with Crippen molar-refractivity contribution in [3.63, 3.8) is 0 Å². The van der Waals surface area contributed by atoms with E-state index < -0.39 is 0 Å². The summed E-state index contributed by atoms with van der Waals surface area (Å²) in [6, 6.07) is 0. The fourth-order valence-corrected chi connectivity index (χ4v) is 1.18. The molecule has 0 fully saturated rings. The SMILES string of the molecule is C1CC(C2=NNCC2)=NN1. The largest absolute Gasteiger partial charge is 0.309 e. The van der Waals surface area contributed by atoms with Crippen molar-refractivity contribution < 1.29 is 0 Å². The highest BCUT2D eigenvalue weighted by atomic mass is 15.3. The molecule has 2 aliphatic heterocycles. The number of hydrogen-bond donors (Lipinski definition) is 2. The van der Waals surface area contributed by atoms with Crippen LogP contribution in [0.1, 0.15) is 12.8 Å². The highest BCUT2D eigenvalue weighted by Crippen LogP contribution is 2.02. The third-order valence-corrected chi connectivity index (χ3v) is 1.71. The van der Waals surface area contributed by atoms with Crippen LogP contribution >= 0.6 is 0 Å². The van der Waals surface area contributed by atoms with Crippen molar-refractivity contribution in [2.24, 2.45) is 10.2 Å². The second kappa shape index (κ2) is 2.28. The topological polar surface area (TPSA) is 48.8 Å². The van der Waals surface area contributed by atoms with Gasteiger partial charge in [-0.2, -0.15) is 10.2 Å². The molecule has 0 bridgehead atoms. The van der Waals surface area contributed by atoms with E-state index in [9.17, 15) is 0 Å². The smallest absolute Gasteiger partial charge is 0.0853 e. The van der Waals surface area contributed by atoms with Gasteiger partial charge in [-0.3, -0.25) is 0 Å². The number of hydrogen-bond acceptors (Lipinski definition) is 4. The van der Waals surface area contributed by atoms with Crippen molar-refractivity contribution in [3.8, 4) is 0 Å². The molecule has 0 aliphatic carbocycles. The minimum Gasteiger partial charge on any atom is -0.309 e. The summed E-state index contributed by atoms with van der Waals surface area (Å²) < 4.78 is 0. The maximum absolute atomic E-state index is 4.11. The zero-order valence-corrected chi connectivity index (χ0v) is 5.72. The van der Waals surface area contributed by atoms with Crippen LogP contribution in [0.2, 0.25) is 0 Å². The van der Waals surface area contributed by atoms with Crippen LogP contribution in [0.15, 0.2) is 10.2 Å². The molecule has 2 aliphatic rings. The van der Waals surface area contributed by atoms with E-state index in [4.69, 9.17) is 0 Å².